The van der Waals surface area contributed by atoms with Crippen LogP contribution in [-0.4, -0.2) is 11.8 Å². The maximum absolute atomic E-state index is 12.3. The molecule has 7 heteroatoms. The van der Waals surface area contributed by atoms with Gasteiger partial charge in [-0.1, -0.05) is 17.7 Å². The van der Waals surface area contributed by atoms with Crippen molar-refractivity contribution in [3.63, 3.8) is 0 Å². The average molecular weight is 363 g/mol. The zero-order valence-corrected chi connectivity index (χ0v) is 14.1. The highest BCUT2D eigenvalue weighted by Gasteiger charge is 2.20. The summed E-state index contributed by atoms with van der Waals surface area (Å²) in [6, 6.07) is 10.3. The molecule has 0 saturated heterocycles. The summed E-state index contributed by atoms with van der Waals surface area (Å²) in [5.74, 6) is -0.884. The van der Waals surface area contributed by atoms with Crippen molar-refractivity contribution in [1.82, 2.24) is 0 Å². The molecule has 3 rings (SSSR count). The molecule has 23 heavy (non-hydrogen) atoms. The van der Waals surface area contributed by atoms with Crippen molar-refractivity contribution < 1.29 is 9.59 Å². The molecule has 0 bridgehead atoms. The number of amides is 2. The number of hydrogen-bond donors (Lipinski definition) is 2. The largest absolute Gasteiger partial charge is 0.365 e. The second kappa shape index (κ2) is 6.54. The van der Waals surface area contributed by atoms with Gasteiger partial charge in [0.1, 0.15) is 5.00 Å². The van der Waals surface area contributed by atoms with Crippen LogP contribution >= 0.6 is 34.3 Å². The van der Waals surface area contributed by atoms with Crippen molar-refractivity contribution in [3.8, 4) is 10.4 Å². The van der Waals surface area contributed by atoms with Crippen LogP contribution in [0.1, 0.15) is 20.7 Å². The van der Waals surface area contributed by atoms with Gasteiger partial charge in [-0.3, -0.25) is 9.59 Å². The molecular formula is C16H11ClN2O2S2. The Hall–Kier alpha value is -2.15. The lowest BCUT2D eigenvalue weighted by Gasteiger charge is -2.06. The van der Waals surface area contributed by atoms with E-state index in [-0.39, 0.29) is 5.91 Å². The lowest BCUT2D eigenvalue weighted by molar-refractivity contribution is 0.100. The molecule has 4 nitrogen and oxygen atoms in total. The van der Waals surface area contributed by atoms with E-state index in [1.54, 1.807) is 24.3 Å². The summed E-state index contributed by atoms with van der Waals surface area (Å²) in [5, 5.41) is 7.49. The quantitative estimate of drug-likeness (QED) is 0.718. The summed E-state index contributed by atoms with van der Waals surface area (Å²) < 4.78 is 0. The van der Waals surface area contributed by atoms with E-state index in [1.807, 2.05) is 22.9 Å². The Kier molecular flexibility index (Phi) is 4.47. The van der Waals surface area contributed by atoms with Crippen molar-refractivity contribution in [2.45, 2.75) is 0 Å². The predicted octanol–water partition coefficient (Wildman–Crippen LogP) is 4.48. The molecule has 0 radical (unpaired) electrons. The van der Waals surface area contributed by atoms with Crippen LogP contribution in [0.25, 0.3) is 10.4 Å². The first kappa shape index (κ1) is 15.7. The van der Waals surface area contributed by atoms with E-state index in [2.05, 4.69) is 5.32 Å². The molecular weight excluding hydrogens is 352 g/mol. The number of rotatable bonds is 4. The molecule has 0 aliphatic carbocycles. The van der Waals surface area contributed by atoms with Gasteiger partial charge in [0, 0.05) is 26.4 Å². The molecule has 2 aromatic heterocycles. The first-order valence-electron chi connectivity index (χ1n) is 6.58. The van der Waals surface area contributed by atoms with Crippen molar-refractivity contribution in [1.29, 1.82) is 0 Å². The molecule has 3 N–H and O–H groups in total. The summed E-state index contributed by atoms with van der Waals surface area (Å²) in [7, 11) is 0. The molecule has 0 saturated carbocycles. The number of anilines is 1. The van der Waals surface area contributed by atoms with E-state index in [1.165, 1.54) is 22.7 Å². The van der Waals surface area contributed by atoms with Gasteiger partial charge in [0.15, 0.2) is 0 Å². The third-order valence-corrected chi connectivity index (χ3v) is 5.21. The maximum atomic E-state index is 12.3. The SMILES string of the molecule is NC(=O)c1c(-c2cccs2)csc1NC(=O)c1ccc(Cl)cc1. The zero-order valence-electron chi connectivity index (χ0n) is 11.7. The fourth-order valence-corrected chi connectivity index (χ4v) is 3.99. The van der Waals surface area contributed by atoms with Gasteiger partial charge in [-0.05, 0) is 35.7 Å². The van der Waals surface area contributed by atoms with Crippen LogP contribution in [-0.2, 0) is 0 Å². The Morgan fingerprint density at radius 1 is 1.09 bits per heavy atom. The highest BCUT2D eigenvalue weighted by atomic mass is 35.5. The molecule has 0 fully saturated rings. The van der Waals surface area contributed by atoms with Gasteiger partial charge >= 0.3 is 0 Å². The van der Waals surface area contributed by atoms with Crippen molar-refractivity contribution in [2.75, 3.05) is 5.32 Å². The minimum absolute atomic E-state index is 0.316. The van der Waals surface area contributed by atoms with Gasteiger partial charge in [-0.25, -0.2) is 0 Å². The molecule has 0 atom stereocenters. The number of carbonyl (C=O) groups is 2. The lowest BCUT2D eigenvalue weighted by Crippen LogP contribution is -2.17. The Bertz CT molecular complexity index is 855. The molecule has 2 heterocycles. The van der Waals surface area contributed by atoms with Crippen LogP contribution in [0.15, 0.2) is 47.2 Å². The lowest BCUT2D eigenvalue weighted by atomic mass is 10.1. The third-order valence-electron chi connectivity index (χ3n) is 3.16. The van der Waals surface area contributed by atoms with Gasteiger partial charge in [0.25, 0.3) is 11.8 Å². The smallest absolute Gasteiger partial charge is 0.256 e. The molecule has 0 aliphatic heterocycles. The first-order chi connectivity index (χ1) is 11.1. The van der Waals surface area contributed by atoms with Crippen LogP contribution in [0.4, 0.5) is 5.00 Å². The Morgan fingerprint density at radius 2 is 1.83 bits per heavy atom. The van der Waals surface area contributed by atoms with Gasteiger partial charge < -0.3 is 11.1 Å². The Labute approximate surface area is 145 Å². The van der Waals surface area contributed by atoms with Gasteiger partial charge in [-0.2, -0.15) is 0 Å². The Morgan fingerprint density at radius 3 is 2.43 bits per heavy atom. The molecule has 2 amide bonds. The summed E-state index contributed by atoms with van der Waals surface area (Å²) >= 11 is 8.60. The molecule has 0 aliphatic rings. The molecule has 0 unspecified atom stereocenters. The number of benzene rings is 1. The Balaban J connectivity index is 1.93. The minimum atomic E-state index is -0.568. The summed E-state index contributed by atoms with van der Waals surface area (Å²) in [4.78, 5) is 25.1. The third kappa shape index (κ3) is 3.29. The van der Waals surface area contributed by atoms with Crippen molar-refractivity contribution in [2.24, 2.45) is 5.73 Å². The second-order valence-corrected chi connectivity index (χ2v) is 6.92. The molecule has 3 aromatic rings. The van der Waals surface area contributed by atoms with Crippen molar-refractivity contribution >= 4 is 51.1 Å². The first-order valence-corrected chi connectivity index (χ1v) is 8.72. The monoisotopic (exact) mass is 362 g/mol. The fourth-order valence-electron chi connectivity index (χ4n) is 2.08. The van der Waals surface area contributed by atoms with E-state index in [9.17, 15) is 9.59 Å². The highest BCUT2D eigenvalue weighted by Crippen LogP contribution is 2.37. The number of carbonyl (C=O) groups excluding carboxylic acids is 2. The number of primary amides is 1. The minimum Gasteiger partial charge on any atom is -0.365 e. The van der Waals surface area contributed by atoms with E-state index < -0.39 is 5.91 Å². The fraction of sp³-hybridized carbons (Fsp3) is 0. The van der Waals surface area contributed by atoms with Gasteiger partial charge in [0.2, 0.25) is 0 Å². The topological polar surface area (TPSA) is 72.2 Å². The van der Waals surface area contributed by atoms with Crippen LogP contribution in [0.5, 0.6) is 0 Å². The highest BCUT2D eigenvalue weighted by molar-refractivity contribution is 7.17. The number of nitrogens with one attached hydrogen (secondary N) is 1. The number of nitrogens with two attached hydrogens (primary N) is 1. The number of thiophene rings is 2. The molecule has 116 valence electrons. The van der Waals surface area contributed by atoms with Gasteiger partial charge in [0.05, 0.1) is 5.56 Å². The van der Waals surface area contributed by atoms with E-state index in [0.717, 1.165) is 10.4 Å². The van der Waals surface area contributed by atoms with E-state index >= 15 is 0 Å². The summed E-state index contributed by atoms with van der Waals surface area (Å²) in [5.41, 5.74) is 7.03. The number of hydrogen-bond acceptors (Lipinski definition) is 4. The maximum Gasteiger partial charge on any atom is 0.256 e. The average Bonchev–Trinajstić information content (AvgIpc) is 3.16. The van der Waals surface area contributed by atoms with Crippen LogP contribution in [0.3, 0.4) is 0 Å². The summed E-state index contributed by atoms with van der Waals surface area (Å²) in [6.45, 7) is 0. The van der Waals surface area contributed by atoms with Crippen LogP contribution in [0, 0.1) is 0 Å². The summed E-state index contributed by atoms with van der Waals surface area (Å²) in [6.07, 6.45) is 0. The number of halogens is 1. The van der Waals surface area contributed by atoms with Crippen LogP contribution < -0.4 is 11.1 Å². The van der Waals surface area contributed by atoms with E-state index in [4.69, 9.17) is 17.3 Å². The van der Waals surface area contributed by atoms with Gasteiger partial charge in [-0.15, -0.1) is 22.7 Å². The van der Waals surface area contributed by atoms with Crippen molar-refractivity contribution in [3.05, 3.63) is 63.3 Å². The second-order valence-electron chi connectivity index (χ2n) is 4.66. The van der Waals surface area contributed by atoms with Crippen LogP contribution in [0.2, 0.25) is 5.02 Å². The normalized spacial score (nSPS) is 10.5. The predicted molar refractivity (Wildman–Crippen MR) is 95.6 cm³/mol. The zero-order chi connectivity index (χ0) is 16.4. The molecule has 1 aromatic carbocycles. The standard InChI is InChI=1S/C16H11ClN2O2S2/c17-10-5-3-9(4-6-10)15(21)19-16-13(14(18)20)11(8-23-16)12-2-1-7-22-12/h1-8H,(H2,18,20)(H,19,21). The van der Waals surface area contributed by atoms with E-state index in [0.29, 0.717) is 21.2 Å². The molecule has 0 spiro atoms.